The number of carboxylic acid groups (broad SMARTS) is 1. The van der Waals surface area contributed by atoms with Gasteiger partial charge in [0.05, 0.1) is 5.69 Å². The molecule has 1 aromatic heterocycles. The fourth-order valence-electron chi connectivity index (χ4n) is 2.34. The fourth-order valence-corrected chi connectivity index (χ4v) is 2.95. The summed E-state index contributed by atoms with van der Waals surface area (Å²) in [5.74, 6) is -2.45. The maximum atomic E-state index is 14.0. The first-order valence-corrected chi connectivity index (χ1v) is 6.87. The first-order valence-electron chi connectivity index (χ1n) is 6.08. The Morgan fingerprint density at radius 2 is 2.00 bits per heavy atom. The van der Waals surface area contributed by atoms with Crippen molar-refractivity contribution in [3.05, 3.63) is 46.1 Å². The molecule has 1 fully saturated rings. The zero-order valence-electron chi connectivity index (χ0n) is 10.2. The molecule has 0 amide bonds. The Bertz CT molecular complexity index is 684. The molecule has 6 heteroatoms. The highest BCUT2D eigenvalue weighted by atomic mass is 79.9. The van der Waals surface area contributed by atoms with Gasteiger partial charge in [0, 0.05) is 22.1 Å². The summed E-state index contributed by atoms with van der Waals surface area (Å²) in [6.45, 7) is 0. The van der Waals surface area contributed by atoms with Crippen molar-refractivity contribution in [1.82, 2.24) is 4.57 Å². The van der Waals surface area contributed by atoms with E-state index in [9.17, 15) is 18.7 Å². The molecule has 1 aliphatic rings. The Balaban J connectivity index is 2.23. The Morgan fingerprint density at radius 3 is 2.55 bits per heavy atom. The second-order valence-electron chi connectivity index (χ2n) is 4.75. The van der Waals surface area contributed by atoms with Gasteiger partial charge in [0.1, 0.15) is 17.3 Å². The van der Waals surface area contributed by atoms with E-state index in [0.29, 0.717) is 5.69 Å². The van der Waals surface area contributed by atoms with Gasteiger partial charge in [-0.3, -0.25) is 0 Å². The molecular weight excluding hydrogens is 332 g/mol. The molecule has 1 aliphatic carbocycles. The van der Waals surface area contributed by atoms with Crippen LogP contribution in [0.4, 0.5) is 8.78 Å². The summed E-state index contributed by atoms with van der Waals surface area (Å²) in [6, 6.07) is 5.05. The number of aromatic carboxylic acids is 1. The maximum absolute atomic E-state index is 14.0. The van der Waals surface area contributed by atoms with Crippen molar-refractivity contribution >= 4 is 21.9 Å². The van der Waals surface area contributed by atoms with Crippen LogP contribution in [0.25, 0.3) is 11.3 Å². The molecular formula is C14H10BrF2NO2. The van der Waals surface area contributed by atoms with E-state index in [1.54, 1.807) is 10.6 Å². The van der Waals surface area contributed by atoms with Gasteiger partial charge >= 0.3 is 5.97 Å². The van der Waals surface area contributed by atoms with Crippen molar-refractivity contribution in [3.63, 3.8) is 0 Å². The summed E-state index contributed by atoms with van der Waals surface area (Å²) in [5.41, 5.74) is 0.762. The van der Waals surface area contributed by atoms with Gasteiger partial charge in [0.15, 0.2) is 0 Å². The van der Waals surface area contributed by atoms with Gasteiger partial charge in [-0.2, -0.15) is 0 Å². The van der Waals surface area contributed by atoms with Gasteiger partial charge in [-0.15, -0.1) is 0 Å². The molecule has 0 unspecified atom stereocenters. The van der Waals surface area contributed by atoms with Crippen LogP contribution in [0.1, 0.15) is 29.4 Å². The Labute approximate surface area is 122 Å². The first kappa shape index (κ1) is 13.3. The lowest BCUT2D eigenvalue weighted by Gasteiger charge is -2.13. The van der Waals surface area contributed by atoms with Gasteiger partial charge in [0.2, 0.25) is 0 Å². The third-order valence-electron chi connectivity index (χ3n) is 3.31. The third-order valence-corrected chi connectivity index (χ3v) is 3.94. The van der Waals surface area contributed by atoms with E-state index in [1.165, 1.54) is 12.1 Å². The number of carboxylic acids is 1. The molecule has 1 saturated carbocycles. The zero-order chi connectivity index (χ0) is 14.4. The number of hydrogen-bond acceptors (Lipinski definition) is 1. The van der Waals surface area contributed by atoms with E-state index in [4.69, 9.17) is 0 Å². The summed E-state index contributed by atoms with van der Waals surface area (Å²) in [7, 11) is 0. The van der Waals surface area contributed by atoms with Crippen molar-refractivity contribution in [1.29, 1.82) is 0 Å². The standard InChI is InChI=1S/C14H10BrF2NO2/c15-9-5-7(16)6-10(17)13(9)11-3-4-12(14(19)20)18(11)8-1-2-8/h3-6,8H,1-2H2,(H,19,20). The van der Waals surface area contributed by atoms with Gasteiger partial charge in [-0.25, -0.2) is 13.6 Å². The molecule has 104 valence electrons. The van der Waals surface area contributed by atoms with Gasteiger partial charge in [0.25, 0.3) is 0 Å². The summed E-state index contributed by atoms with van der Waals surface area (Å²) in [5, 5.41) is 9.20. The van der Waals surface area contributed by atoms with Crippen LogP contribution in [-0.4, -0.2) is 15.6 Å². The first-order chi connectivity index (χ1) is 9.49. The van der Waals surface area contributed by atoms with Gasteiger partial charge < -0.3 is 9.67 Å². The average Bonchev–Trinajstić information content (AvgIpc) is 3.08. The smallest absolute Gasteiger partial charge is 0.352 e. The highest BCUT2D eigenvalue weighted by molar-refractivity contribution is 9.10. The summed E-state index contributed by atoms with van der Waals surface area (Å²) in [6.07, 6.45) is 1.73. The van der Waals surface area contributed by atoms with E-state index >= 15 is 0 Å². The van der Waals surface area contributed by atoms with Crippen molar-refractivity contribution in [2.24, 2.45) is 0 Å². The minimum absolute atomic E-state index is 0.0717. The second kappa shape index (κ2) is 4.70. The summed E-state index contributed by atoms with van der Waals surface area (Å²) >= 11 is 3.14. The molecule has 0 bridgehead atoms. The lowest BCUT2D eigenvalue weighted by molar-refractivity contribution is 0.0685. The van der Waals surface area contributed by atoms with Crippen LogP contribution in [0.5, 0.6) is 0 Å². The number of hydrogen-bond donors (Lipinski definition) is 1. The van der Waals surface area contributed by atoms with Gasteiger partial charge in [-0.05, 0) is 47.0 Å². The van der Waals surface area contributed by atoms with Crippen LogP contribution in [0, 0.1) is 11.6 Å². The molecule has 3 rings (SSSR count). The number of aromatic nitrogens is 1. The summed E-state index contributed by atoms with van der Waals surface area (Å²) < 4.78 is 29.1. The fraction of sp³-hybridized carbons (Fsp3) is 0.214. The van der Waals surface area contributed by atoms with Crippen molar-refractivity contribution in [3.8, 4) is 11.3 Å². The molecule has 0 atom stereocenters. The second-order valence-corrected chi connectivity index (χ2v) is 5.61. The SMILES string of the molecule is O=C(O)c1ccc(-c2c(F)cc(F)cc2Br)n1C1CC1. The van der Waals surface area contributed by atoms with Gasteiger partial charge in [-0.1, -0.05) is 0 Å². The topological polar surface area (TPSA) is 42.2 Å². The normalized spacial score (nSPS) is 14.6. The molecule has 0 spiro atoms. The van der Waals surface area contributed by atoms with E-state index < -0.39 is 17.6 Å². The van der Waals surface area contributed by atoms with Crippen LogP contribution in [0.3, 0.4) is 0 Å². The highest BCUT2D eigenvalue weighted by Crippen LogP contribution is 2.42. The molecule has 1 aromatic carbocycles. The molecule has 20 heavy (non-hydrogen) atoms. The predicted octanol–water partition coefficient (Wildman–Crippen LogP) is 4.23. The Morgan fingerprint density at radius 1 is 1.30 bits per heavy atom. The number of rotatable bonds is 3. The summed E-state index contributed by atoms with van der Waals surface area (Å²) in [4.78, 5) is 11.2. The molecule has 3 nitrogen and oxygen atoms in total. The minimum Gasteiger partial charge on any atom is -0.477 e. The molecule has 0 radical (unpaired) electrons. The number of halogens is 3. The molecule has 2 aromatic rings. The van der Waals surface area contributed by atoms with Crippen LogP contribution in [0.2, 0.25) is 0 Å². The lowest BCUT2D eigenvalue weighted by atomic mass is 10.1. The van der Waals surface area contributed by atoms with E-state index in [-0.39, 0.29) is 21.8 Å². The molecule has 1 N–H and O–H groups in total. The van der Waals surface area contributed by atoms with Crippen LogP contribution < -0.4 is 0 Å². The number of benzene rings is 1. The Kier molecular flexibility index (Phi) is 3.12. The lowest BCUT2D eigenvalue weighted by Crippen LogP contribution is -2.08. The molecule has 0 aliphatic heterocycles. The number of nitrogens with zero attached hydrogens (tertiary/aromatic N) is 1. The monoisotopic (exact) mass is 341 g/mol. The maximum Gasteiger partial charge on any atom is 0.352 e. The van der Waals surface area contributed by atoms with Crippen LogP contribution >= 0.6 is 15.9 Å². The third kappa shape index (κ3) is 2.14. The zero-order valence-corrected chi connectivity index (χ0v) is 11.8. The average molecular weight is 342 g/mol. The Hall–Kier alpha value is -1.69. The quantitative estimate of drug-likeness (QED) is 0.907. The number of carbonyl (C=O) groups is 1. The molecule has 0 saturated heterocycles. The van der Waals surface area contributed by atoms with E-state index in [1.807, 2.05) is 0 Å². The van der Waals surface area contributed by atoms with Crippen molar-refractivity contribution < 1.29 is 18.7 Å². The van der Waals surface area contributed by atoms with Crippen molar-refractivity contribution in [2.45, 2.75) is 18.9 Å². The van der Waals surface area contributed by atoms with Crippen LogP contribution in [0.15, 0.2) is 28.7 Å². The predicted molar refractivity (Wildman–Crippen MR) is 72.7 cm³/mol. The minimum atomic E-state index is -1.05. The van der Waals surface area contributed by atoms with Crippen LogP contribution in [-0.2, 0) is 0 Å². The van der Waals surface area contributed by atoms with Crippen molar-refractivity contribution in [2.75, 3.05) is 0 Å². The molecule has 1 heterocycles. The highest BCUT2D eigenvalue weighted by Gasteiger charge is 2.31. The van der Waals surface area contributed by atoms with E-state index in [0.717, 1.165) is 18.9 Å². The largest absolute Gasteiger partial charge is 0.477 e. The van der Waals surface area contributed by atoms with E-state index in [2.05, 4.69) is 15.9 Å².